The largest absolute Gasteiger partial charge is 0.493 e. The minimum atomic E-state index is -3.34. The molecule has 1 aromatic rings. The molecule has 0 unspecified atom stereocenters. The van der Waals surface area contributed by atoms with Crippen LogP contribution in [0.4, 0.5) is 0 Å². The van der Waals surface area contributed by atoms with Crippen LogP contribution in [0, 0.1) is 0 Å². The van der Waals surface area contributed by atoms with Gasteiger partial charge in [0.05, 0.1) is 24.0 Å². The predicted molar refractivity (Wildman–Crippen MR) is 79.8 cm³/mol. The van der Waals surface area contributed by atoms with E-state index in [-0.39, 0.29) is 17.4 Å². The molecule has 2 aliphatic heterocycles. The van der Waals surface area contributed by atoms with Crippen molar-refractivity contribution in [3.8, 4) is 5.75 Å². The van der Waals surface area contributed by atoms with Crippen LogP contribution in [0.2, 0.25) is 0 Å². The molecule has 0 saturated carbocycles. The third-order valence-electron chi connectivity index (χ3n) is 4.14. The van der Waals surface area contributed by atoms with Crippen molar-refractivity contribution in [2.24, 2.45) is 0 Å². The fourth-order valence-corrected chi connectivity index (χ4v) is 4.76. The molecule has 0 amide bonds. The van der Waals surface area contributed by atoms with Crippen molar-refractivity contribution in [1.82, 2.24) is 4.72 Å². The quantitative estimate of drug-likeness (QED) is 0.927. The average molecular weight is 311 g/mol. The van der Waals surface area contributed by atoms with Crippen molar-refractivity contribution in [1.29, 1.82) is 0 Å². The third-order valence-corrected chi connectivity index (χ3v) is 6.06. The summed E-state index contributed by atoms with van der Waals surface area (Å²) < 4.78 is 39.1. The Labute approximate surface area is 125 Å². The summed E-state index contributed by atoms with van der Waals surface area (Å²) in [4.78, 5) is 0. The number of para-hydroxylation sites is 1. The van der Waals surface area contributed by atoms with Gasteiger partial charge in [0.25, 0.3) is 0 Å². The molecule has 3 atom stereocenters. The molecule has 1 aromatic carbocycles. The lowest BCUT2D eigenvalue weighted by atomic mass is 10.0. The molecule has 1 fully saturated rings. The maximum atomic E-state index is 12.6. The van der Waals surface area contributed by atoms with Gasteiger partial charge in [0.15, 0.2) is 0 Å². The molecular weight excluding hydrogens is 290 g/mol. The predicted octanol–water partition coefficient (Wildman–Crippen LogP) is 2.00. The number of ether oxygens (including phenoxy) is 2. The first-order valence-electron chi connectivity index (χ1n) is 7.41. The Kier molecular flexibility index (Phi) is 4.19. The molecule has 2 heterocycles. The molecule has 1 saturated heterocycles. The van der Waals surface area contributed by atoms with E-state index in [2.05, 4.69) is 4.72 Å². The molecule has 116 valence electrons. The lowest BCUT2D eigenvalue weighted by Crippen LogP contribution is -2.42. The van der Waals surface area contributed by atoms with Gasteiger partial charge < -0.3 is 9.47 Å². The molecule has 6 heteroatoms. The van der Waals surface area contributed by atoms with E-state index in [1.54, 1.807) is 0 Å². The highest BCUT2D eigenvalue weighted by atomic mass is 32.2. The molecule has 0 aromatic heterocycles. The van der Waals surface area contributed by atoms with Crippen LogP contribution in [-0.2, 0) is 14.8 Å². The summed E-state index contributed by atoms with van der Waals surface area (Å²) in [6.45, 7) is 2.97. The van der Waals surface area contributed by atoms with E-state index < -0.39 is 10.0 Å². The van der Waals surface area contributed by atoms with Crippen LogP contribution >= 0.6 is 0 Å². The molecule has 0 aliphatic carbocycles. The van der Waals surface area contributed by atoms with Crippen molar-refractivity contribution in [3.63, 3.8) is 0 Å². The van der Waals surface area contributed by atoms with Crippen molar-refractivity contribution in [2.45, 2.75) is 43.6 Å². The third kappa shape index (κ3) is 3.22. The van der Waals surface area contributed by atoms with Crippen LogP contribution in [0.25, 0.3) is 0 Å². The first-order valence-corrected chi connectivity index (χ1v) is 8.95. The van der Waals surface area contributed by atoms with E-state index in [4.69, 9.17) is 9.47 Å². The lowest BCUT2D eigenvalue weighted by molar-refractivity contribution is 0.0298. The summed E-state index contributed by atoms with van der Waals surface area (Å²) in [5, 5.41) is -0.365. The van der Waals surface area contributed by atoms with Gasteiger partial charge in [-0.25, -0.2) is 13.1 Å². The van der Waals surface area contributed by atoms with Gasteiger partial charge in [-0.15, -0.1) is 0 Å². The summed E-state index contributed by atoms with van der Waals surface area (Å²) in [6, 6.07) is 7.42. The lowest BCUT2D eigenvalue weighted by Gasteiger charge is -2.31. The fraction of sp³-hybridized carbons (Fsp3) is 0.600. The van der Waals surface area contributed by atoms with Crippen molar-refractivity contribution in [2.75, 3.05) is 13.2 Å². The van der Waals surface area contributed by atoms with Gasteiger partial charge in [-0.2, -0.15) is 0 Å². The van der Waals surface area contributed by atoms with E-state index in [1.807, 2.05) is 31.2 Å². The van der Waals surface area contributed by atoms with Gasteiger partial charge in [-0.3, -0.25) is 0 Å². The maximum Gasteiger partial charge on any atom is 0.215 e. The molecule has 1 N–H and O–H groups in total. The minimum absolute atomic E-state index is 0.00213. The Morgan fingerprint density at radius 2 is 2.00 bits per heavy atom. The smallest absolute Gasteiger partial charge is 0.215 e. The molecule has 21 heavy (non-hydrogen) atoms. The first kappa shape index (κ1) is 14.8. The van der Waals surface area contributed by atoms with Crippen molar-refractivity contribution >= 4 is 10.0 Å². The topological polar surface area (TPSA) is 64.6 Å². The number of hydrogen-bond donors (Lipinski definition) is 1. The van der Waals surface area contributed by atoms with Crippen LogP contribution < -0.4 is 9.46 Å². The van der Waals surface area contributed by atoms with E-state index in [9.17, 15) is 8.42 Å². The Morgan fingerprint density at radius 3 is 2.81 bits per heavy atom. The summed E-state index contributed by atoms with van der Waals surface area (Å²) in [6.07, 6.45) is 1.78. The van der Waals surface area contributed by atoms with Gasteiger partial charge in [0.1, 0.15) is 5.75 Å². The Balaban J connectivity index is 1.77. The van der Waals surface area contributed by atoms with E-state index in [0.717, 1.165) is 11.3 Å². The summed E-state index contributed by atoms with van der Waals surface area (Å²) in [7, 11) is -3.34. The highest BCUT2D eigenvalue weighted by molar-refractivity contribution is 7.90. The molecule has 0 spiro atoms. The minimum Gasteiger partial charge on any atom is -0.493 e. The second-order valence-electron chi connectivity index (χ2n) is 5.72. The zero-order valence-corrected chi connectivity index (χ0v) is 12.9. The number of hydrogen-bond acceptors (Lipinski definition) is 4. The number of fused-ring (bicyclic) bond motifs is 1. The van der Waals surface area contributed by atoms with Gasteiger partial charge in [-0.05, 0) is 25.8 Å². The maximum absolute atomic E-state index is 12.6. The molecule has 0 radical (unpaired) electrons. The molecular formula is C15H21NO4S. The van der Waals surface area contributed by atoms with Gasteiger partial charge in [0, 0.05) is 18.6 Å². The highest BCUT2D eigenvalue weighted by Crippen LogP contribution is 2.33. The number of nitrogens with one attached hydrogen (secondary N) is 1. The zero-order valence-electron chi connectivity index (χ0n) is 12.1. The molecule has 0 bridgehead atoms. The number of benzene rings is 1. The van der Waals surface area contributed by atoms with E-state index >= 15 is 0 Å². The SMILES string of the molecule is C[C@@H]1C[C@H](S(=O)(=O)N[C@@H]2CCOc3ccccc32)CCO1. The fourth-order valence-electron chi connectivity index (χ4n) is 3.00. The first-order chi connectivity index (χ1) is 10.1. The Morgan fingerprint density at radius 1 is 1.19 bits per heavy atom. The monoisotopic (exact) mass is 311 g/mol. The molecule has 2 aliphatic rings. The van der Waals surface area contributed by atoms with E-state index in [0.29, 0.717) is 32.5 Å². The van der Waals surface area contributed by atoms with Gasteiger partial charge in [0.2, 0.25) is 10.0 Å². The molecule has 3 rings (SSSR count). The molecule has 5 nitrogen and oxygen atoms in total. The average Bonchev–Trinajstić information content (AvgIpc) is 2.47. The van der Waals surface area contributed by atoms with Crippen LogP contribution in [0.5, 0.6) is 5.75 Å². The summed E-state index contributed by atoms with van der Waals surface area (Å²) in [5.41, 5.74) is 0.924. The van der Waals surface area contributed by atoms with Crippen LogP contribution in [0.3, 0.4) is 0 Å². The second kappa shape index (κ2) is 5.94. The van der Waals surface area contributed by atoms with Crippen molar-refractivity contribution in [3.05, 3.63) is 29.8 Å². The van der Waals surface area contributed by atoms with Crippen LogP contribution in [0.1, 0.15) is 37.8 Å². The van der Waals surface area contributed by atoms with Crippen molar-refractivity contribution < 1.29 is 17.9 Å². The van der Waals surface area contributed by atoms with Gasteiger partial charge >= 0.3 is 0 Å². The Hall–Kier alpha value is -1.11. The summed E-state index contributed by atoms with van der Waals surface area (Å²) >= 11 is 0. The van der Waals surface area contributed by atoms with Gasteiger partial charge in [-0.1, -0.05) is 18.2 Å². The standard InChI is InChI=1S/C15H21NO4S/c1-11-10-12(6-8-19-11)21(17,18)16-14-7-9-20-15-5-3-2-4-13(14)15/h2-5,11-12,14,16H,6-10H2,1H3/t11-,12-,14-/m1/s1. The second-order valence-corrected chi connectivity index (χ2v) is 7.71. The normalized spacial score (nSPS) is 29.5. The van der Waals surface area contributed by atoms with E-state index in [1.165, 1.54) is 0 Å². The summed E-state index contributed by atoms with van der Waals surface area (Å²) in [5.74, 6) is 0.775. The van der Waals surface area contributed by atoms with Crippen LogP contribution in [-0.4, -0.2) is 33.0 Å². The van der Waals surface area contributed by atoms with Crippen LogP contribution in [0.15, 0.2) is 24.3 Å². The zero-order chi connectivity index (χ0) is 14.9. The number of sulfonamides is 1. The number of rotatable bonds is 3. The highest BCUT2D eigenvalue weighted by Gasteiger charge is 2.34. The Bertz CT molecular complexity index is 601.